The maximum atomic E-state index is 9.41. The summed E-state index contributed by atoms with van der Waals surface area (Å²) in [6, 6.07) is 11.4. The molecule has 1 heterocycles. The lowest BCUT2D eigenvalue weighted by molar-refractivity contribution is 0.272. The minimum absolute atomic E-state index is 0.0976. The molecular weight excluding hydrogens is 407 g/mol. The molecule has 0 aliphatic heterocycles. The molecule has 2 aromatic carbocycles. The van der Waals surface area contributed by atoms with Crippen molar-refractivity contribution in [1.29, 1.82) is 0 Å². The van der Waals surface area contributed by atoms with E-state index in [1.165, 1.54) is 0 Å². The van der Waals surface area contributed by atoms with Crippen LogP contribution in [0.1, 0.15) is 55.0 Å². The predicted molar refractivity (Wildman–Crippen MR) is 119 cm³/mol. The van der Waals surface area contributed by atoms with Gasteiger partial charge in [0.15, 0.2) is 0 Å². The maximum absolute atomic E-state index is 9.41. The van der Waals surface area contributed by atoms with Crippen molar-refractivity contribution >= 4 is 23.2 Å². The quantitative estimate of drug-likeness (QED) is 0.477. The molecule has 4 nitrogen and oxygen atoms in total. The lowest BCUT2D eigenvalue weighted by atomic mass is 9.97. The molecule has 0 fully saturated rings. The van der Waals surface area contributed by atoms with E-state index in [4.69, 9.17) is 27.9 Å². The highest BCUT2D eigenvalue weighted by molar-refractivity contribution is 6.37. The Bertz CT molecular complexity index is 978. The van der Waals surface area contributed by atoms with Crippen LogP contribution in [-0.4, -0.2) is 21.5 Å². The third-order valence-corrected chi connectivity index (χ3v) is 5.70. The van der Waals surface area contributed by atoms with Crippen LogP contribution in [0.25, 0.3) is 5.69 Å². The van der Waals surface area contributed by atoms with E-state index < -0.39 is 0 Å². The van der Waals surface area contributed by atoms with Crippen molar-refractivity contribution in [2.24, 2.45) is 0 Å². The molecule has 0 aliphatic carbocycles. The molecule has 1 unspecified atom stereocenters. The third kappa shape index (κ3) is 4.61. The summed E-state index contributed by atoms with van der Waals surface area (Å²) in [6.45, 7) is 8.73. The van der Waals surface area contributed by atoms with Crippen LogP contribution in [0.15, 0.2) is 42.6 Å². The molecule has 1 N–H and O–H groups in total. The number of para-hydroxylation sites is 1. The Labute approximate surface area is 182 Å². The Morgan fingerprint density at radius 2 is 1.76 bits per heavy atom. The lowest BCUT2D eigenvalue weighted by Gasteiger charge is -2.16. The first-order chi connectivity index (χ1) is 13.8. The van der Waals surface area contributed by atoms with Gasteiger partial charge in [-0.3, -0.25) is 0 Å². The van der Waals surface area contributed by atoms with E-state index in [9.17, 15) is 5.11 Å². The number of benzene rings is 2. The predicted octanol–water partition coefficient (Wildman–Crippen LogP) is 6.29. The first-order valence-electron chi connectivity index (χ1n) is 9.68. The average molecular weight is 433 g/mol. The van der Waals surface area contributed by atoms with Crippen molar-refractivity contribution in [3.8, 4) is 11.4 Å². The van der Waals surface area contributed by atoms with Crippen molar-refractivity contribution in [3.63, 3.8) is 0 Å². The Kier molecular flexibility index (Phi) is 6.89. The van der Waals surface area contributed by atoms with Crippen LogP contribution < -0.4 is 4.74 Å². The van der Waals surface area contributed by atoms with Crippen molar-refractivity contribution in [3.05, 3.63) is 75.0 Å². The zero-order valence-corrected chi connectivity index (χ0v) is 18.6. The van der Waals surface area contributed by atoms with Crippen molar-refractivity contribution in [1.82, 2.24) is 9.78 Å². The van der Waals surface area contributed by atoms with Crippen LogP contribution in [0, 0.1) is 6.92 Å². The summed E-state index contributed by atoms with van der Waals surface area (Å²) in [6.07, 6.45) is 1.85. The number of hydrogen-bond acceptors (Lipinski definition) is 3. The van der Waals surface area contributed by atoms with Crippen LogP contribution >= 0.6 is 23.2 Å². The zero-order chi connectivity index (χ0) is 21.1. The fraction of sp³-hybridized carbons (Fsp3) is 0.348. The van der Waals surface area contributed by atoms with Crippen molar-refractivity contribution in [2.45, 2.75) is 46.1 Å². The summed E-state index contributed by atoms with van der Waals surface area (Å²) >= 11 is 12.8. The fourth-order valence-corrected chi connectivity index (χ4v) is 4.00. The van der Waals surface area contributed by atoms with Gasteiger partial charge in [-0.1, -0.05) is 56.1 Å². The molecule has 0 radical (unpaired) electrons. The second-order valence-electron chi connectivity index (χ2n) is 7.57. The molecule has 1 atom stereocenters. The topological polar surface area (TPSA) is 47.3 Å². The minimum Gasteiger partial charge on any atom is -0.487 e. The Morgan fingerprint density at radius 3 is 2.34 bits per heavy atom. The first kappa shape index (κ1) is 21.7. The summed E-state index contributed by atoms with van der Waals surface area (Å²) in [5, 5.41) is 15.0. The number of aryl methyl sites for hydroxylation is 1. The molecule has 0 saturated carbocycles. The van der Waals surface area contributed by atoms with Crippen molar-refractivity contribution < 1.29 is 9.84 Å². The summed E-state index contributed by atoms with van der Waals surface area (Å²) in [4.78, 5) is 0. The van der Waals surface area contributed by atoms with Crippen LogP contribution in [0.5, 0.6) is 5.75 Å². The van der Waals surface area contributed by atoms with Gasteiger partial charge in [-0.15, -0.1) is 0 Å². The van der Waals surface area contributed by atoms with Gasteiger partial charge in [-0.05, 0) is 53.8 Å². The molecule has 154 valence electrons. The largest absolute Gasteiger partial charge is 0.487 e. The molecule has 6 heteroatoms. The van der Waals surface area contributed by atoms with Gasteiger partial charge in [0.25, 0.3) is 0 Å². The molecule has 29 heavy (non-hydrogen) atoms. The fourth-order valence-electron chi connectivity index (χ4n) is 3.44. The van der Waals surface area contributed by atoms with E-state index in [1.54, 1.807) is 16.8 Å². The van der Waals surface area contributed by atoms with Gasteiger partial charge in [0.1, 0.15) is 18.0 Å². The number of aliphatic hydroxyl groups excluding tert-OH is 1. The van der Waals surface area contributed by atoms with E-state index in [2.05, 4.69) is 18.9 Å². The maximum Gasteiger partial charge on any atom is 0.131 e. The Balaban J connectivity index is 1.93. The van der Waals surface area contributed by atoms with Gasteiger partial charge < -0.3 is 9.84 Å². The number of halogens is 2. The van der Waals surface area contributed by atoms with E-state index in [-0.39, 0.29) is 18.4 Å². The van der Waals surface area contributed by atoms with Crippen LogP contribution in [0.3, 0.4) is 0 Å². The minimum atomic E-state index is 0.0976. The number of rotatable bonds is 7. The number of ether oxygens (including phenoxy) is 1. The van der Waals surface area contributed by atoms with Gasteiger partial charge in [-0.25, -0.2) is 4.68 Å². The number of aliphatic hydroxyl groups is 1. The second-order valence-corrected chi connectivity index (χ2v) is 8.39. The highest BCUT2D eigenvalue weighted by Gasteiger charge is 2.19. The van der Waals surface area contributed by atoms with Gasteiger partial charge in [0.2, 0.25) is 0 Å². The summed E-state index contributed by atoms with van der Waals surface area (Å²) in [5.74, 6) is 1.14. The third-order valence-electron chi connectivity index (χ3n) is 5.09. The monoisotopic (exact) mass is 432 g/mol. The summed E-state index contributed by atoms with van der Waals surface area (Å²) in [5.41, 5.74) is 4.87. The molecule has 0 bridgehead atoms. The molecule has 0 spiro atoms. The number of nitrogens with zero attached hydrogens (tertiary/aromatic N) is 2. The molecule has 0 amide bonds. The second kappa shape index (κ2) is 9.21. The number of hydrogen-bond donors (Lipinski definition) is 1. The SMILES string of the molecule is Cc1cc(OCc2c(C(C)C)cnn2-c2c(Cl)cccc2Cl)ccc1C(C)CO. The van der Waals surface area contributed by atoms with E-state index in [1.807, 2.05) is 44.3 Å². The van der Waals surface area contributed by atoms with Crippen LogP contribution in [0.4, 0.5) is 0 Å². The highest BCUT2D eigenvalue weighted by Crippen LogP contribution is 2.32. The molecule has 3 aromatic rings. The molecule has 0 aliphatic rings. The Morgan fingerprint density at radius 1 is 1.07 bits per heavy atom. The van der Waals surface area contributed by atoms with E-state index in [0.717, 1.165) is 28.1 Å². The molecule has 0 saturated heterocycles. The standard InChI is InChI=1S/C23H26Cl2N2O2/c1-14(2)19-11-26-27(23-20(24)6-5-7-21(23)25)22(19)13-29-17-8-9-18(15(3)10-17)16(4)12-28/h5-11,14,16,28H,12-13H2,1-4H3. The van der Waals surface area contributed by atoms with E-state index in [0.29, 0.717) is 22.3 Å². The van der Waals surface area contributed by atoms with Crippen LogP contribution in [-0.2, 0) is 6.61 Å². The van der Waals surface area contributed by atoms with E-state index >= 15 is 0 Å². The molecule has 1 aromatic heterocycles. The molecule has 3 rings (SSSR count). The first-order valence-corrected chi connectivity index (χ1v) is 10.4. The van der Waals surface area contributed by atoms with Gasteiger partial charge >= 0.3 is 0 Å². The average Bonchev–Trinajstić information content (AvgIpc) is 3.09. The van der Waals surface area contributed by atoms with Crippen molar-refractivity contribution in [2.75, 3.05) is 6.61 Å². The van der Waals surface area contributed by atoms with Gasteiger partial charge in [-0.2, -0.15) is 5.10 Å². The lowest BCUT2D eigenvalue weighted by Crippen LogP contribution is -2.09. The van der Waals surface area contributed by atoms with Gasteiger partial charge in [0.05, 0.1) is 21.9 Å². The highest BCUT2D eigenvalue weighted by atomic mass is 35.5. The smallest absolute Gasteiger partial charge is 0.131 e. The van der Waals surface area contributed by atoms with Crippen LogP contribution in [0.2, 0.25) is 10.0 Å². The number of aromatic nitrogens is 2. The molecular formula is C23H26Cl2N2O2. The van der Waals surface area contributed by atoms with Gasteiger partial charge in [0, 0.05) is 12.5 Å². The summed E-state index contributed by atoms with van der Waals surface area (Å²) < 4.78 is 7.90. The normalized spacial score (nSPS) is 12.4. The zero-order valence-electron chi connectivity index (χ0n) is 17.1. The Hall–Kier alpha value is -2.01. The summed E-state index contributed by atoms with van der Waals surface area (Å²) in [7, 11) is 0.